The molecule has 0 unspecified atom stereocenters. The zero-order valence-electron chi connectivity index (χ0n) is 9.45. The van der Waals surface area contributed by atoms with Crippen molar-refractivity contribution >= 4 is 23.5 Å². The van der Waals surface area contributed by atoms with Crippen molar-refractivity contribution in [1.82, 2.24) is 0 Å². The maximum atomic E-state index is 11.6. The Hall–Kier alpha value is -1.72. The minimum Gasteiger partial charge on any atom is -0.422 e. The van der Waals surface area contributed by atoms with E-state index in [2.05, 4.69) is 0 Å². The molecule has 88 valence electrons. The highest BCUT2D eigenvalue weighted by Gasteiger charge is 2.59. The molecule has 0 atom stereocenters. The van der Waals surface area contributed by atoms with Gasteiger partial charge in [-0.1, -0.05) is 0 Å². The number of esters is 2. The Morgan fingerprint density at radius 1 is 1.00 bits per heavy atom. The molecule has 6 nitrogen and oxygen atoms in total. The largest absolute Gasteiger partial charge is 0.422 e. The van der Waals surface area contributed by atoms with Crippen LogP contribution in [-0.4, -0.2) is 29.3 Å². The van der Waals surface area contributed by atoms with Gasteiger partial charge >= 0.3 is 11.9 Å². The molecule has 0 bridgehead atoms. The number of carbonyl (C=O) groups is 4. The number of hydrogen-bond acceptors (Lipinski definition) is 6. The van der Waals surface area contributed by atoms with Gasteiger partial charge in [0.25, 0.3) is 5.79 Å². The first kappa shape index (κ1) is 12.4. The molecular formula is C10H12O6. The van der Waals surface area contributed by atoms with Gasteiger partial charge in [-0.3, -0.25) is 19.2 Å². The van der Waals surface area contributed by atoms with Gasteiger partial charge in [0.05, 0.1) is 0 Å². The lowest BCUT2D eigenvalue weighted by Gasteiger charge is -2.36. The predicted molar refractivity (Wildman–Crippen MR) is 50.1 cm³/mol. The van der Waals surface area contributed by atoms with E-state index in [-0.39, 0.29) is 0 Å². The van der Waals surface area contributed by atoms with Gasteiger partial charge in [-0.05, 0) is 6.92 Å². The highest BCUT2D eigenvalue weighted by molar-refractivity contribution is 6.46. The van der Waals surface area contributed by atoms with E-state index in [9.17, 15) is 19.2 Å². The average molecular weight is 228 g/mol. The Balaban J connectivity index is 3.16. The molecule has 0 amide bonds. The summed E-state index contributed by atoms with van der Waals surface area (Å²) in [5, 5.41) is 0. The molecule has 6 heteroatoms. The molecule has 16 heavy (non-hydrogen) atoms. The molecule has 0 spiro atoms. The van der Waals surface area contributed by atoms with Gasteiger partial charge in [-0.25, -0.2) is 0 Å². The number of carbonyl (C=O) groups excluding carboxylic acids is 4. The van der Waals surface area contributed by atoms with Crippen LogP contribution in [0.1, 0.15) is 27.7 Å². The van der Waals surface area contributed by atoms with Crippen molar-refractivity contribution in [3.05, 3.63) is 0 Å². The van der Waals surface area contributed by atoms with Crippen molar-refractivity contribution < 1.29 is 28.7 Å². The molecule has 0 N–H and O–H groups in total. The van der Waals surface area contributed by atoms with Crippen LogP contribution in [0.25, 0.3) is 0 Å². The van der Waals surface area contributed by atoms with Crippen LogP contribution in [-0.2, 0) is 28.7 Å². The Kier molecular flexibility index (Phi) is 2.62. The zero-order chi connectivity index (χ0) is 12.7. The quantitative estimate of drug-likeness (QED) is 0.375. The summed E-state index contributed by atoms with van der Waals surface area (Å²) in [6.45, 7) is 4.73. The van der Waals surface area contributed by atoms with E-state index in [1.165, 1.54) is 13.8 Å². The van der Waals surface area contributed by atoms with Crippen LogP contribution in [0.5, 0.6) is 0 Å². The third kappa shape index (κ3) is 1.70. The molecule has 0 aliphatic carbocycles. The predicted octanol–water partition coefficient (Wildman–Crippen LogP) is -0.0131. The fraction of sp³-hybridized carbons (Fsp3) is 0.600. The molecule has 0 radical (unpaired) electrons. The van der Waals surface area contributed by atoms with Crippen LogP contribution in [0, 0.1) is 5.41 Å². The van der Waals surface area contributed by atoms with Crippen molar-refractivity contribution in [2.24, 2.45) is 5.41 Å². The summed E-state index contributed by atoms with van der Waals surface area (Å²) >= 11 is 0. The van der Waals surface area contributed by atoms with E-state index >= 15 is 0 Å². The monoisotopic (exact) mass is 228 g/mol. The van der Waals surface area contributed by atoms with Gasteiger partial charge in [0.1, 0.15) is 0 Å². The van der Waals surface area contributed by atoms with Crippen LogP contribution in [0.4, 0.5) is 0 Å². The molecule has 1 aliphatic rings. The molecule has 0 aromatic carbocycles. The summed E-state index contributed by atoms with van der Waals surface area (Å²) in [4.78, 5) is 45.6. The first-order chi connectivity index (χ1) is 7.11. The summed E-state index contributed by atoms with van der Waals surface area (Å²) < 4.78 is 9.55. The summed E-state index contributed by atoms with van der Waals surface area (Å²) in [7, 11) is 0. The minimum atomic E-state index is -2.18. The average Bonchev–Trinajstić information content (AvgIpc) is 2.11. The van der Waals surface area contributed by atoms with E-state index in [4.69, 9.17) is 9.47 Å². The standard InChI is InChI=1S/C10H12O6/c1-5(11)6(12)10(4)7(13)15-9(2,3)16-8(10)14/h1-4H3. The first-order valence-corrected chi connectivity index (χ1v) is 4.63. The van der Waals surface area contributed by atoms with Crippen LogP contribution >= 0.6 is 0 Å². The fourth-order valence-electron chi connectivity index (χ4n) is 1.29. The highest BCUT2D eigenvalue weighted by Crippen LogP contribution is 2.32. The van der Waals surface area contributed by atoms with E-state index in [0.29, 0.717) is 0 Å². The second-order valence-corrected chi connectivity index (χ2v) is 4.19. The molecule has 1 fully saturated rings. The van der Waals surface area contributed by atoms with Gasteiger partial charge in [0.2, 0.25) is 11.2 Å². The third-order valence-electron chi connectivity index (χ3n) is 2.27. The molecule has 1 rings (SSSR count). The molecule has 0 aromatic heterocycles. The lowest BCUT2D eigenvalue weighted by Crippen LogP contribution is -2.57. The summed E-state index contributed by atoms with van der Waals surface area (Å²) in [5.41, 5.74) is -2.18. The summed E-state index contributed by atoms with van der Waals surface area (Å²) in [6, 6.07) is 0. The number of ether oxygens (including phenoxy) is 2. The van der Waals surface area contributed by atoms with Crippen molar-refractivity contribution in [3.63, 3.8) is 0 Å². The lowest BCUT2D eigenvalue weighted by molar-refractivity contribution is -0.247. The maximum absolute atomic E-state index is 11.6. The number of cyclic esters (lactones) is 2. The molecule has 0 saturated carbocycles. The number of hydrogen-bond donors (Lipinski definition) is 0. The Labute approximate surface area is 91.9 Å². The van der Waals surface area contributed by atoms with Crippen molar-refractivity contribution in [3.8, 4) is 0 Å². The smallest absolute Gasteiger partial charge is 0.334 e. The van der Waals surface area contributed by atoms with Gasteiger partial charge < -0.3 is 9.47 Å². The van der Waals surface area contributed by atoms with E-state index < -0.39 is 34.7 Å². The van der Waals surface area contributed by atoms with Gasteiger partial charge in [-0.15, -0.1) is 0 Å². The second kappa shape index (κ2) is 3.40. The summed E-state index contributed by atoms with van der Waals surface area (Å²) in [5.74, 6) is -5.55. The van der Waals surface area contributed by atoms with Gasteiger partial charge in [0, 0.05) is 20.8 Å². The van der Waals surface area contributed by atoms with Crippen molar-refractivity contribution in [2.75, 3.05) is 0 Å². The van der Waals surface area contributed by atoms with Crippen molar-refractivity contribution in [1.29, 1.82) is 0 Å². The second-order valence-electron chi connectivity index (χ2n) is 4.19. The Bertz CT molecular complexity index is 372. The normalized spacial score (nSPS) is 22.0. The number of rotatable bonds is 2. The topological polar surface area (TPSA) is 86.7 Å². The lowest BCUT2D eigenvalue weighted by atomic mass is 9.83. The van der Waals surface area contributed by atoms with E-state index in [1.807, 2.05) is 0 Å². The van der Waals surface area contributed by atoms with Crippen LogP contribution < -0.4 is 0 Å². The molecule has 1 heterocycles. The Morgan fingerprint density at radius 3 is 1.69 bits per heavy atom. The van der Waals surface area contributed by atoms with Crippen LogP contribution in [0.2, 0.25) is 0 Å². The first-order valence-electron chi connectivity index (χ1n) is 4.63. The highest BCUT2D eigenvalue weighted by atomic mass is 16.7. The number of Topliss-reactive ketones (excluding diaryl/α,β-unsaturated/α-hetero) is 2. The van der Waals surface area contributed by atoms with Gasteiger partial charge in [0.15, 0.2) is 5.78 Å². The van der Waals surface area contributed by atoms with E-state index in [0.717, 1.165) is 13.8 Å². The van der Waals surface area contributed by atoms with Crippen molar-refractivity contribution in [2.45, 2.75) is 33.5 Å². The molecule has 0 aromatic rings. The zero-order valence-corrected chi connectivity index (χ0v) is 9.45. The SMILES string of the molecule is CC(=O)C(=O)C1(C)C(=O)OC(C)(C)OC1=O. The third-order valence-corrected chi connectivity index (χ3v) is 2.27. The minimum absolute atomic E-state index is 0.892. The molecular weight excluding hydrogens is 216 g/mol. The van der Waals surface area contributed by atoms with Crippen LogP contribution in [0.3, 0.4) is 0 Å². The number of ketones is 2. The summed E-state index contributed by atoms with van der Waals surface area (Å²) in [6.07, 6.45) is 0. The van der Waals surface area contributed by atoms with Crippen LogP contribution in [0.15, 0.2) is 0 Å². The Morgan fingerprint density at radius 2 is 1.38 bits per heavy atom. The fourth-order valence-corrected chi connectivity index (χ4v) is 1.29. The molecule has 1 saturated heterocycles. The maximum Gasteiger partial charge on any atom is 0.334 e. The molecule has 1 aliphatic heterocycles. The van der Waals surface area contributed by atoms with E-state index in [1.54, 1.807) is 0 Å². The van der Waals surface area contributed by atoms with Gasteiger partial charge in [-0.2, -0.15) is 0 Å².